The van der Waals surface area contributed by atoms with E-state index in [1.165, 1.54) is 0 Å². The number of furan rings is 1. The molecule has 3 heteroatoms. The zero-order chi connectivity index (χ0) is 10.1. The van der Waals surface area contributed by atoms with Gasteiger partial charge in [0.2, 0.25) is 0 Å². The summed E-state index contributed by atoms with van der Waals surface area (Å²) in [6, 6.07) is 3.76. The zero-order valence-electron chi connectivity index (χ0n) is 8.32. The smallest absolute Gasteiger partial charge is 0.155 e. The number of rotatable bonds is 2. The Kier molecular flexibility index (Phi) is 2.00. The van der Waals surface area contributed by atoms with Crippen molar-refractivity contribution in [2.45, 2.75) is 0 Å². The molecule has 3 nitrogen and oxygen atoms in total. The molecule has 0 amide bonds. The number of hydrogen-bond acceptors (Lipinski definition) is 3. The van der Waals surface area contributed by atoms with Crippen molar-refractivity contribution in [1.29, 1.82) is 0 Å². The first-order chi connectivity index (χ1) is 6.74. The van der Waals surface area contributed by atoms with Crippen molar-refractivity contribution in [2.75, 3.05) is 19.0 Å². The molecule has 2 aromatic rings. The van der Waals surface area contributed by atoms with Crippen LogP contribution in [0.1, 0.15) is 5.76 Å². The third-order valence-corrected chi connectivity index (χ3v) is 2.08. The molecule has 0 radical (unpaired) electrons. The molecule has 2 rings (SSSR count). The first-order valence-electron chi connectivity index (χ1n) is 4.41. The van der Waals surface area contributed by atoms with Gasteiger partial charge in [0.15, 0.2) is 11.3 Å². The fourth-order valence-corrected chi connectivity index (χ4v) is 1.50. The van der Waals surface area contributed by atoms with Crippen LogP contribution in [0.5, 0.6) is 0 Å². The highest BCUT2D eigenvalue weighted by molar-refractivity contribution is 5.91. The van der Waals surface area contributed by atoms with Crippen LogP contribution < -0.4 is 4.90 Å². The maximum absolute atomic E-state index is 5.59. The average molecular weight is 188 g/mol. The summed E-state index contributed by atoms with van der Waals surface area (Å²) in [5.74, 6) is 0.767. The van der Waals surface area contributed by atoms with E-state index in [1.807, 2.05) is 31.1 Å². The van der Waals surface area contributed by atoms with E-state index in [-0.39, 0.29) is 0 Å². The topological polar surface area (TPSA) is 29.3 Å². The standard InChI is InChI=1S/C11H12N2O/c1-4-8-11(13(2)3)10-9(14-8)6-5-7-12-10/h4-7H,1H2,2-3H3. The molecule has 0 saturated carbocycles. The largest absolute Gasteiger partial charge is 0.453 e. The Morgan fingerprint density at radius 2 is 2.29 bits per heavy atom. The Bertz CT molecular complexity index is 471. The van der Waals surface area contributed by atoms with Crippen LogP contribution in [-0.4, -0.2) is 19.1 Å². The third-order valence-electron chi connectivity index (χ3n) is 2.08. The molecular formula is C11H12N2O. The number of aromatic nitrogens is 1. The molecule has 0 atom stereocenters. The summed E-state index contributed by atoms with van der Waals surface area (Å²) in [6.45, 7) is 3.72. The van der Waals surface area contributed by atoms with Crippen LogP contribution in [-0.2, 0) is 0 Å². The minimum atomic E-state index is 0.767. The monoisotopic (exact) mass is 188 g/mol. The van der Waals surface area contributed by atoms with Crippen LogP contribution in [0.15, 0.2) is 29.3 Å². The number of nitrogens with zero attached hydrogens (tertiary/aromatic N) is 2. The van der Waals surface area contributed by atoms with E-state index >= 15 is 0 Å². The van der Waals surface area contributed by atoms with Crippen molar-refractivity contribution >= 4 is 22.9 Å². The maximum Gasteiger partial charge on any atom is 0.155 e. The van der Waals surface area contributed by atoms with Gasteiger partial charge < -0.3 is 9.32 Å². The fraction of sp³-hybridized carbons (Fsp3) is 0.182. The van der Waals surface area contributed by atoms with Crippen LogP contribution >= 0.6 is 0 Å². The Morgan fingerprint density at radius 1 is 1.50 bits per heavy atom. The predicted octanol–water partition coefficient (Wildman–Crippen LogP) is 2.54. The fourth-order valence-electron chi connectivity index (χ4n) is 1.50. The lowest BCUT2D eigenvalue weighted by molar-refractivity contribution is 0.603. The van der Waals surface area contributed by atoms with Gasteiger partial charge in [0.1, 0.15) is 11.2 Å². The summed E-state index contributed by atoms with van der Waals surface area (Å²) in [6.07, 6.45) is 3.47. The minimum absolute atomic E-state index is 0.767. The minimum Gasteiger partial charge on any atom is -0.453 e. The van der Waals surface area contributed by atoms with E-state index in [0.717, 1.165) is 22.5 Å². The molecule has 0 bridgehead atoms. The number of pyridine rings is 1. The summed E-state index contributed by atoms with van der Waals surface area (Å²) in [7, 11) is 3.93. The van der Waals surface area contributed by atoms with Gasteiger partial charge in [-0.2, -0.15) is 0 Å². The van der Waals surface area contributed by atoms with Crippen molar-refractivity contribution in [3.05, 3.63) is 30.7 Å². The van der Waals surface area contributed by atoms with E-state index in [4.69, 9.17) is 4.42 Å². The molecule has 0 aliphatic carbocycles. The zero-order valence-corrected chi connectivity index (χ0v) is 8.32. The normalized spacial score (nSPS) is 10.4. The molecule has 2 heterocycles. The SMILES string of the molecule is C=Cc1oc2cccnc2c1N(C)C. The molecule has 0 saturated heterocycles. The Morgan fingerprint density at radius 3 is 2.93 bits per heavy atom. The first kappa shape index (κ1) is 8.81. The Hall–Kier alpha value is -1.77. The van der Waals surface area contributed by atoms with E-state index in [0.29, 0.717) is 0 Å². The molecule has 0 spiro atoms. The van der Waals surface area contributed by atoms with Gasteiger partial charge in [-0.3, -0.25) is 4.98 Å². The van der Waals surface area contributed by atoms with Gasteiger partial charge in [0, 0.05) is 20.3 Å². The van der Waals surface area contributed by atoms with Crippen molar-refractivity contribution in [3.63, 3.8) is 0 Å². The van der Waals surface area contributed by atoms with Gasteiger partial charge in [-0.15, -0.1) is 0 Å². The van der Waals surface area contributed by atoms with Gasteiger partial charge >= 0.3 is 0 Å². The van der Waals surface area contributed by atoms with Gasteiger partial charge in [0.25, 0.3) is 0 Å². The summed E-state index contributed by atoms with van der Waals surface area (Å²) in [5, 5.41) is 0. The van der Waals surface area contributed by atoms with E-state index in [9.17, 15) is 0 Å². The van der Waals surface area contributed by atoms with E-state index < -0.39 is 0 Å². The van der Waals surface area contributed by atoms with Crippen LogP contribution in [0.3, 0.4) is 0 Å². The van der Waals surface area contributed by atoms with E-state index in [2.05, 4.69) is 11.6 Å². The molecule has 0 aromatic carbocycles. The molecule has 0 unspecified atom stereocenters. The van der Waals surface area contributed by atoms with Crippen molar-refractivity contribution in [2.24, 2.45) is 0 Å². The number of fused-ring (bicyclic) bond motifs is 1. The van der Waals surface area contributed by atoms with Gasteiger partial charge in [-0.25, -0.2) is 0 Å². The van der Waals surface area contributed by atoms with Crippen LogP contribution in [0, 0.1) is 0 Å². The lowest BCUT2D eigenvalue weighted by Crippen LogP contribution is -2.09. The second-order valence-electron chi connectivity index (χ2n) is 3.26. The molecular weight excluding hydrogens is 176 g/mol. The predicted molar refractivity (Wildman–Crippen MR) is 58.4 cm³/mol. The summed E-state index contributed by atoms with van der Waals surface area (Å²) in [5.41, 5.74) is 2.66. The second-order valence-corrected chi connectivity index (χ2v) is 3.26. The molecule has 0 aliphatic heterocycles. The highest BCUT2D eigenvalue weighted by Crippen LogP contribution is 2.31. The molecule has 0 fully saturated rings. The number of hydrogen-bond donors (Lipinski definition) is 0. The summed E-state index contributed by atoms with van der Waals surface area (Å²) < 4.78 is 5.59. The Labute approximate surface area is 82.7 Å². The molecule has 0 aliphatic rings. The van der Waals surface area contributed by atoms with Gasteiger partial charge in [0.05, 0.1) is 0 Å². The highest BCUT2D eigenvalue weighted by atomic mass is 16.3. The molecule has 14 heavy (non-hydrogen) atoms. The maximum atomic E-state index is 5.59. The molecule has 2 aromatic heterocycles. The highest BCUT2D eigenvalue weighted by Gasteiger charge is 2.13. The molecule has 0 N–H and O–H groups in total. The van der Waals surface area contributed by atoms with E-state index in [1.54, 1.807) is 12.3 Å². The van der Waals surface area contributed by atoms with Crippen LogP contribution in [0.25, 0.3) is 17.2 Å². The van der Waals surface area contributed by atoms with Crippen molar-refractivity contribution < 1.29 is 4.42 Å². The average Bonchev–Trinajstić information content (AvgIpc) is 2.55. The number of anilines is 1. The lowest BCUT2D eigenvalue weighted by Gasteiger charge is -2.10. The third kappa shape index (κ3) is 1.18. The molecule has 72 valence electrons. The van der Waals surface area contributed by atoms with Crippen LogP contribution in [0.4, 0.5) is 5.69 Å². The second kappa shape index (κ2) is 3.18. The Balaban J connectivity index is 2.80. The van der Waals surface area contributed by atoms with Crippen molar-refractivity contribution in [3.8, 4) is 0 Å². The lowest BCUT2D eigenvalue weighted by atomic mass is 10.3. The quantitative estimate of drug-likeness (QED) is 0.725. The summed E-state index contributed by atoms with van der Waals surface area (Å²) in [4.78, 5) is 6.27. The van der Waals surface area contributed by atoms with Crippen molar-refractivity contribution in [1.82, 2.24) is 4.98 Å². The first-order valence-corrected chi connectivity index (χ1v) is 4.41. The summed E-state index contributed by atoms with van der Waals surface area (Å²) >= 11 is 0. The van der Waals surface area contributed by atoms with Gasteiger partial charge in [-0.1, -0.05) is 6.58 Å². The van der Waals surface area contributed by atoms with Crippen LogP contribution in [0.2, 0.25) is 0 Å². The van der Waals surface area contributed by atoms with Gasteiger partial charge in [-0.05, 0) is 18.2 Å².